The Morgan fingerprint density at radius 3 is 2.32 bits per heavy atom. The molecule has 0 radical (unpaired) electrons. The van der Waals surface area contributed by atoms with Crippen LogP contribution in [0.2, 0.25) is 0 Å². The lowest BCUT2D eigenvalue weighted by Crippen LogP contribution is -2.43. The largest absolute Gasteiger partial charge is 0.480 e. The second-order valence-corrected chi connectivity index (χ2v) is 4.92. The first-order valence-electron chi connectivity index (χ1n) is 6.16. The second-order valence-electron chi connectivity index (χ2n) is 4.56. The summed E-state index contributed by atoms with van der Waals surface area (Å²) in [6.45, 7) is 3.39. The van der Waals surface area contributed by atoms with Crippen molar-refractivity contribution in [2.45, 2.75) is 25.8 Å². The predicted octanol–water partition coefficient (Wildman–Crippen LogP) is 1.93. The van der Waals surface area contributed by atoms with Crippen LogP contribution >= 0.6 is 12.6 Å². The van der Waals surface area contributed by atoms with E-state index in [0.29, 0.717) is 5.75 Å². The topological polar surface area (TPSA) is 66.4 Å². The Labute approximate surface area is 118 Å². The van der Waals surface area contributed by atoms with Crippen molar-refractivity contribution in [1.82, 2.24) is 5.32 Å². The minimum Gasteiger partial charge on any atom is -0.480 e. The van der Waals surface area contributed by atoms with E-state index >= 15 is 0 Å². The van der Waals surface area contributed by atoms with Gasteiger partial charge in [0, 0.05) is 5.75 Å². The van der Waals surface area contributed by atoms with Crippen molar-refractivity contribution in [3.8, 4) is 0 Å². The van der Waals surface area contributed by atoms with Crippen molar-refractivity contribution in [2.24, 2.45) is 5.92 Å². The van der Waals surface area contributed by atoms with Crippen LogP contribution in [0.5, 0.6) is 0 Å². The predicted molar refractivity (Wildman–Crippen MR) is 77.4 cm³/mol. The number of thiol groups is 1. The number of hydrogen-bond donors (Lipinski definition) is 3. The summed E-state index contributed by atoms with van der Waals surface area (Å²) in [4.78, 5) is 22.8. The maximum absolute atomic E-state index is 12.1. The molecule has 0 aliphatic rings. The number of carboxylic acid groups (broad SMARTS) is 1. The molecule has 0 bridgehead atoms. The first kappa shape index (κ1) is 15.6. The molecule has 0 heterocycles. The summed E-state index contributed by atoms with van der Waals surface area (Å²) in [5.41, 5.74) is 1.04. The molecule has 1 aromatic carbocycles. The number of nitrogens with one attached hydrogen (secondary N) is 1. The smallest absolute Gasteiger partial charge is 0.325 e. The maximum atomic E-state index is 12.1. The zero-order chi connectivity index (χ0) is 14.4. The average molecular weight is 281 g/mol. The molecule has 0 aliphatic carbocycles. The Bertz CT molecular complexity index is 436. The normalized spacial score (nSPS) is 15.3. The van der Waals surface area contributed by atoms with Gasteiger partial charge < -0.3 is 10.4 Å². The number of amides is 1. The highest BCUT2D eigenvalue weighted by Crippen LogP contribution is 2.25. The third-order valence-electron chi connectivity index (χ3n) is 3.19. The van der Waals surface area contributed by atoms with E-state index in [9.17, 15) is 9.59 Å². The molecule has 1 aromatic rings. The van der Waals surface area contributed by atoms with Gasteiger partial charge in [-0.15, -0.1) is 0 Å². The average Bonchev–Trinajstić information content (AvgIpc) is 2.40. The van der Waals surface area contributed by atoms with Gasteiger partial charge in [-0.05, 0) is 18.4 Å². The second kappa shape index (κ2) is 7.19. The Balaban J connectivity index is 2.77. The molecular weight excluding hydrogens is 262 g/mol. The molecule has 1 rings (SSSR count). The maximum Gasteiger partial charge on any atom is 0.325 e. The van der Waals surface area contributed by atoms with Crippen LogP contribution in [0.25, 0.3) is 0 Å². The Kier molecular flexibility index (Phi) is 5.89. The van der Waals surface area contributed by atoms with Crippen LogP contribution in [-0.4, -0.2) is 28.8 Å². The molecule has 0 saturated carbocycles. The fraction of sp³-hybridized carbons (Fsp3) is 0.429. The number of benzene rings is 1. The number of carboxylic acids is 1. The molecule has 2 unspecified atom stereocenters. The van der Waals surface area contributed by atoms with Gasteiger partial charge in [0.1, 0.15) is 6.04 Å². The van der Waals surface area contributed by atoms with Crippen LogP contribution in [0.1, 0.15) is 25.3 Å². The van der Waals surface area contributed by atoms with Gasteiger partial charge in [-0.2, -0.15) is 12.6 Å². The van der Waals surface area contributed by atoms with E-state index < -0.39 is 12.0 Å². The highest BCUT2D eigenvalue weighted by molar-refractivity contribution is 7.80. The third-order valence-corrected chi connectivity index (χ3v) is 3.58. The van der Waals surface area contributed by atoms with Crippen molar-refractivity contribution >= 4 is 24.5 Å². The van der Waals surface area contributed by atoms with Gasteiger partial charge in [-0.25, -0.2) is 0 Å². The zero-order valence-corrected chi connectivity index (χ0v) is 11.9. The van der Waals surface area contributed by atoms with Crippen LogP contribution in [0, 0.1) is 5.92 Å². The number of carbonyl (C=O) groups excluding carboxylic acids is 1. The Morgan fingerprint density at radius 1 is 1.26 bits per heavy atom. The zero-order valence-electron chi connectivity index (χ0n) is 11.0. The fourth-order valence-electron chi connectivity index (χ4n) is 1.84. The van der Waals surface area contributed by atoms with Crippen molar-refractivity contribution < 1.29 is 14.7 Å². The molecule has 3 atom stereocenters. The van der Waals surface area contributed by atoms with E-state index in [1.165, 1.54) is 6.92 Å². The molecule has 5 heteroatoms. The summed E-state index contributed by atoms with van der Waals surface area (Å²) < 4.78 is 0. The van der Waals surface area contributed by atoms with E-state index in [1.807, 2.05) is 37.3 Å². The fourth-order valence-corrected chi connectivity index (χ4v) is 2.32. The Morgan fingerprint density at radius 2 is 1.84 bits per heavy atom. The lowest BCUT2D eigenvalue weighted by atomic mass is 9.88. The third kappa shape index (κ3) is 4.28. The molecule has 104 valence electrons. The van der Waals surface area contributed by atoms with Gasteiger partial charge >= 0.3 is 5.97 Å². The molecule has 0 spiro atoms. The van der Waals surface area contributed by atoms with Crippen molar-refractivity contribution in [3.05, 3.63) is 35.9 Å². The molecule has 4 nitrogen and oxygen atoms in total. The Hall–Kier alpha value is -1.49. The van der Waals surface area contributed by atoms with Gasteiger partial charge in [0.05, 0.1) is 5.92 Å². The van der Waals surface area contributed by atoms with Crippen LogP contribution in [-0.2, 0) is 9.59 Å². The minimum absolute atomic E-state index is 0.0142. The van der Waals surface area contributed by atoms with Gasteiger partial charge in [0.25, 0.3) is 0 Å². The van der Waals surface area contributed by atoms with Gasteiger partial charge in [0.2, 0.25) is 5.91 Å². The van der Waals surface area contributed by atoms with Crippen LogP contribution < -0.4 is 5.32 Å². The van der Waals surface area contributed by atoms with Crippen LogP contribution in [0.15, 0.2) is 30.3 Å². The highest BCUT2D eigenvalue weighted by Gasteiger charge is 2.27. The number of hydrogen-bond acceptors (Lipinski definition) is 3. The van der Waals surface area contributed by atoms with Crippen LogP contribution in [0.4, 0.5) is 0 Å². The van der Waals surface area contributed by atoms with E-state index in [4.69, 9.17) is 5.11 Å². The van der Waals surface area contributed by atoms with Crippen molar-refractivity contribution in [1.29, 1.82) is 0 Å². The molecule has 0 aromatic heterocycles. The number of rotatable bonds is 6. The summed E-state index contributed by atoms with van der Waals surface area (Å²) in [5.74, 6) is -1.32. The van der Waals surface area contributed by atoms with Crippen LogP contribution in [0.3, 0.4) is 0 Å². The molecule has 2 N–H and O–H groups in total. The first-order valence-corrected chi connectivity index (χ1v) is 6.79. The summed E-state index contributed by atoms with van der Waals surface area (Å²) in [5, 5.41) is 11.3. The summed E-state index contributed by atoms with van der Waals surface area (Å²) >= 11 is 4.21. The van der Waals surface area contributed by atoms with E-state index in [0.717, 1.165) is 5.56 Å². The first-order chi connectivity index (χ1) is 8.97. The molecule has 0 saturated heterocycles. The number of carbonyl (C=O) groups is 2. The highest BCUT2D eigenvalue weighted by atomic mass is 32.1. The quantitative estimate of drug-likeness (QED) is 0.698. The monoisotopic (exact) mass is 281 g/mol. The summed E-state index contributed by atoms with van der Waals surface area (Å²) in [7, 11) is 0. The molecular formula is C14H19NO3S. The van der Waals surface area contributed by atoms with E-state index in [2.05, 4.69) is 17.9 Å². The van der Waals surface area contributed by atoms with Crippen molar-refractivity contribution in [2.75, 3.05) is 5.75 Å². The lowest BCUT2D eigenvalue weighted by molar-refractivity contribution is -0.141. The van der Waals surface area contributed by atoms with E-state index in [1.54, 1.807) is 0 Å². The van der Waals surface area contributed by atoms with Crippen molar-refractivity contribution in [3.63, 3.8) is 0 Å². The number of aliphatic carboxylic acids is 1. The molecule has 1 amide bonds. The molecule has 19 heavy (non-hydrogen) atoms. The SMILES string of the molecule is CC(c1ccccc1)C(CS)C(=O)N[C@@H](C)C(=O)O. The van der Waals surface area contributed by atoms with Gasteiger partial charge in [-0.3, -0.25) is 9.59 Å². The molecule has 0 aliphatic heterocycles. The summed E-state index contributed by atoms with van der Waals surface area (Å²) in [6.07, 6.45) is 0. The molecule has 0 fully saturated rings. The lowest BCUT2D eigenvalue weighted by Gasteiger charge is -2.23. The van der Waals surface area contributed by atoms with E-state index in [-0.39, 0.29) is 17.7 Å². The van der Waals surface area contributed by atoms with Gasteiger partial charge in [0.15, 0.2) is 0 Å². The summed E-state index contributed by atoms with van der Waals surface area (Å²) in [6, 6.07) is 8.76. The standard InChI is InChI=1S/C14H19NO3S/c1-9(11-6-4-3-5-7-11)12(8-19)13(16)15-10(2)14(17)18/h3-7,9-10,12,19H,8H2,1-2H3,(H,15,16)(H,17,18)/t9?,10-,12?/m0/s1. The minimum atomic E-state index is -1.04. The van der Waals surface area contributed by atoms with Gasteiger partial charge in [-0.1, -0.05) is 37.3 Å².